The molecule has 8 nitrogen and oxygen atoms in total. The van der Waals surface area contributed by atoms with Crippen molar-refractivity contribution in [1.29, 1.82) is 0 Å². The van der Waals surface area contributed by atoms with Gasteiger partial charge in [0.25, 0.3) is 0 Å². The van der Waals surface area contributed by atoms with Gasteiger partial charge >= 0.3 is 0 Å². The maximum atomic E-state index is 12.7. The van der Waals surface area contributed by atoms with E-state index in [0.717, 1.165) is 17.7 Å². The summed E-state index contributed by atoms with van der Waals surface area (Å²) in [5, 5.41) is 0.556. The summed E-state index contributed by atoms with van der Waals surface area (Å²) in [5.41, 5.74) is 7.47. The molecule has 2 N–H and O–H groups in total. The molecule has 2 aromatic rings. The Kier molecular flexibility index (Phi) is 6.72. The van der Waals surface area contributed by atoms with Gasteiger partial charge in [0.15, 0.2) is 11.0 Å². The van der Waals surface area contributed by atoms with Crippen molar-refractivity contribution in [3.63, 3.8) is 0 Å². The third-order valence-corrected chi connectivity index (χ3v) is 5.70. The van der Waals surface area contributed by atoms with Crippen LogP contribution >= 0.6 is 11.8 Å². The largest absolute Gasteiger partial charge is 0.474 e. The van der Waals surface area contributed by atoms with Gasteiger partial charge in [0, 0.05) is 24.5 Å². The van der Waals surface area contributed by atoms with E-state index in [4.69, 9.17) is 15.2 Å². The minimum absolute atomic E-state index is 0.0449. The summed E-state index contributed by atoms with van der Waals surface area (Å²) in [5.74, 6) is 0.228. The first-order valence-corrected chi connectivity index (χ1v) is 10.5. The summed E-state index contributed by atoms with van der Waals surface area (Å²) in [7, 11) is 1.59. The van der Waals surface area contributed by atoms with Crippen molar-refractivity contribution in [1.82, 2.24) is 15.0 Å². The first-order valence-electron chi connectivity index (χ1n) is 9.67. The highest BCUT2D eigenvalue weighted by atomic mass is 32.2. The maximum absolute atomic E-state index is 12.7. The Morgan fingerprint density at radius 1 is 1.20 bits per heavy atom. The van der Waals surface area contributed by atoms with E-state index in [2.05, 4.69) is 33.8 Å². The third-order valence-electron chi connectivity index (χ3n) is 4.70. The van der Waals surface area contributed by atoms with Crippen molar-refractivity contribution >= 4 is 22.7 Å². The van der Waals surface area contributed by atoms with E-state index in [1.54, 1.807) is 25.1 Å². The molecule has 0 saturated carbocycles. The number of pyridine rings is 1. The number of nitrogens with zero attached hydrogens (tertiary/aromatic N) is 4. The fourth-order valence-corrected chi connectivity index (χ4v) is 4.69. The summed E-state index contributed by atoms with van der Waals surface area (Å²) in [6.07, 6.45) is 5.58. The monoisotopic (exact) mass is 429 g/mol. The number of thioether (sulfide) groups is 1. The van der Waals surface area contributed by atoms with E-state index in [9.17, 15) is 4.79 Å². The zero-order valence-corrected chi connectivity index (χ0v) is 18.5. The van der Waals surface area contributed by atoms with E-state index >= 15 is 0 Å². The number of aromatic nitrogens is 3. The van der Waals surface area contributed by atoms with Crippen LogP contribution in [0.5, 0.6) is 5.88 Å². The molecule has 1 atom stereocenters. The number of amidine groups is 1. The molecular weight excluding hydrogens is 402 g/mol. The number of nitrogens with two attached hydrogens (primary N) is 1. The van der Waals surface area contributed by atoms with Crippen molar-refractivity contribution in [2.75, 3.05) is 20.3 Å². The van der Waals surface area contributed by atoms with Gasteiger partial charge in [0.1, 0.15) is 17.8 Å². The first-order chi connectivity index (χ1) is 14.2. The highest BCUT2D eigenvalue weighted by Crippen LogP contribution is 2.44. The van der Waals surface area contributed by atoms with Crippen molar-refractivity contribution in [3.8, 4) is 5.88 Å². The second kappa shape index (κ2) is 9.09. The molecule has 30 heavy (non-hydrogen) atoms. The summed E-state index contributed by atoms with van der Waals surface area (Å²) in [6, 6.07) is 3.76. The quantitative estimate of drug-likeness (QED) is 0.503. The van der Waals surface area contributed by atoms with Crippen molar-refractivity contribution in [2.45, 2.75) is 43.9 Å². The molecule has 0 unspecified atom stereocenters. The van der Waals surface area contributed by atoms with Gasteiger partial charge < -0.3 is 15.2 Å². The third kappa shape index (κ3) is 5.54. The number of hydrogen-bond donors (Lipinski definition) is 1. The molecule has 0 saturated heterocycles. The van der Waals surface area contributed by atoms with E-state index in [-0.39, 0.29) is 22.6 Å². The fourth-order valence-electron chi connectivity index (χ4n) is 3.52. The number of carbonyl (C=O) groups is 1. The summed E-state index contributed by atoms with van der Waals surface area (Å²) in [4.78, 5) is 30.2. The smallest absolute Gasteiger partial charge is 0.232 e. The Morgan fingerprint density at radius 3 is 2.67 bits per heavy atom. The molecule has 9 heteroatoms. The van der Waals surface area contributed by atoms with Gasteiger partial charge in [0.2, 0.25) is 5.88 Å². The Bertz CT molecular complexity index is 932. The number of methoxy groups -OCH3 is 1. The standard InChI is InChI=1S/C21H27N5O3S/c1-20(2)13-21(3,26-19(22)30-20)17-10-14(5-6-23-17)9-16(27)15-11-25-18(12-24-15)29-8-7-28-4/h5-6,10-12H,7-9,13H2,1-4H3,(H2,22,26)/t21-/m0/s1. The number of carbonyl (C=O) groups excluding carboxylic acids is 1. The number of aliphatic imine (C=N–C) groups is 1. The zero-order chi connectivity index (χ0) is 21.8. The van der Waals surface area contributed by atoms with Crippen molar-refractivity contribution in [2.24, 2.45) is 10.7 Å². The van der Waals surface area contributed by atoms with Crippen LogP contribution in [0.15, 0.2) is 35.7 Å². The van der Waals surface area contributed by atoms with Gasteiger partial charge in [-0.05, 0) is 31.0 Å². The molecule has 0 aliphatic carbocycles. The topological polar surface area (TPSA) is 113 Å². The lowest BCUT2D eigenvalue weighted by Gasteiger charge is -2.38. The normalized spacial score (nSPS) is 20.5. The van der Waals surface area contributed by atoms with Gasteiger partial charge in [-0.15, -0.1) is 0 Å². The first kappa shape index (κ1) is 22.2. The predicted octanol–water partition coefficient (Wildman–Crippen LogP) is 2.77. The molecule has 160 valence electrons. The van der Waals surface area contributed by atoms with Crippen LogP contribution in [0.2, 0.25) is 0 Å². The summed E-state index contributed by atoms with van der Waals surface area (Å²) >= 11 is 1.57. The molecule has 0 amide bonds. The lowest BCUT2D eigenvalue weighted by Crippen LogP contribution is -2.38. The predicted molar refractivity (Wildman–Crippen MR) is 117 cm³/mol. The van der Waals surface area contributed by atoms with Crippen LogP contribution in [0.4, 0.5) is 0 Å². The van der Waals surface area contributed by atoms with Gasteiger partial charge in [-0.3, -0.25) is 9.78 Å². The highest BCUT2D eigenvalue weighted by Gasteiger charge is 2.40. The minimum atomic E-state index is -0.529. The number of rotatable bonds is 8. The summed E-state index contributed by atoms with van der Waals surface area (Å²) in [6.45, 7) is 7.15. The number of ether oxygens (including phenoxy) is 2. The van der Waals surface area contributed by atoms with Gasteiger partial charge in [0.05, 0.1) is 24.7 Å². The van der Waals surface area contributed by atoms with Crippen LogP contribution in [-0.4, -0.2) is 51.0 Å². The Balaban J connectivity index is 1.72. The van der Waals surface area contributed by atoms with E-state index in [0.29, 0.717) is 24.3 Å². The van der Waals surface area contributed by atoms with Crippen LogP contribution in [0.3, 0.4) is 0 Å². The Morgan fingerprint density at radius 2 is 2.00 bits per heavy atom. The average Bonchev–Trinajstić information content (AvgIpc) is 2.67. The molecule has 0 fully saturated rings. The second-order valence-electron chi connectivity index (χ2n) is 7.99. The second-order valence-corrected chi connectivity index (χ2v) is 9.72. The van der Waals surface area contributed by atoms with E-state index in [1.807, 2.05) is 19.1 Å². The van der Waals surface area contributed by atoms with Crippen LogP contribution in [0, 0.1) is 0 Å². The van der Waals surface area contributed by atoms with E-state index < -0.39 is 5.54 Å². The number of ketones is 1. The van der Waals surface area contributed by atoms with Gasteiger partial charge in [-0.25, -0.2) is 15.0 Å². The van der Waals surface area contributed by atoms with Crippen LogP contribution in [0.1, 0.15) is 48.9 Å². The number of Topliss-reactive ketones (excluding diaryl/α,β-unsaturated/α-hetero) is 1. The molecule has 3 rings (SSSR count). The fraction of sp³-hybridized carbons (Fsp3) is 0.476. The van der Waals surface area contributed by atoms with Gasteiger partial charge in [-0.2, -0.15) is 0 Å². The van der Waals surface area contributed by atoms with Crippen LogP contribution in [0.25, 0.3) is 0 Å². The molecular formula is C21H27N5O3S. The molecule has 3 heterocycles. The molecule has 2 aromatic heterocycles. The molecule has 0 aromatic carbocycles. The van der Waals surface area contributed by atoms with E-state index in [1.165, 1.54) is 12.4 Å². The SMILES string of the molecule is COCCOc1cnc(C(=O)Cc2ccnc([C@]3(C)CC(C)(C)SC(N)=N3)c2)cn1. The van der Waals surface area contributed by atoms with Crippen LogP contribution < -0.4 is 10.5 Å². The maximum Gasteiger partial charge on any atom is 0.232 e. The lowest BCUT2D eigenvalue weighted by atomic mass is 9.86. The minimum Gasteiger partial charge on any atom is -0.474 e. The van der Waals surface area contributed by atoms with Crippen LogP contribution in [-0.2, 0) is 16.7 Å². The average molecular weight is 430 g/mol. The summed E-state index contributed by atoms with van der Waals surface area (Å²) < 4.78 is 10.3. The van der Waals surface area contributed by atoms with Gasteiger partial charge in [-0.1, -0.05) is 25.6 Å². The van der Waals surface area contributed by atoms with Crippen molar-refractivity contribution in [3.05, 3.63) is 47.7 Å². The molecule has 1 aliphatic heterocycles. The Labute approximate surface area is 180 Å². The van der Waals surface area contributed by atoms with Crippen molar-refractivity contribution < 1.29 is 14.3 Å². The Hall–Kier alpha value is -2.52. The molecule has 0 bridgehead atoms. The zero-order valence-electron chi connectivity index (χ0n) is 17.7. The highest BCUT2D eigenvalue weighted by molar-refractivity contribution is 8.15. The molecule has 0 spiro atoms. The molecule has 1 aliphatic rings. The molecule has 0 radical (unpaired) electrons. The lowest BCUT2D eigenvalue weighted by molar-refractivity contribution is 0.0987. The number of hydrogen-bond acceptors (Lipinski definition) is 9.